The summed E-state index contributed by atoms with van der Waals surface area (Å²) in [5.41, 5.74) is -2.06. The van der Waals surface area contributed by atoms with Gasteiger partial charge in [-0.15, -0.1) is 0 Å². The van der Waals surface area contributed by atoms with Gasteiger partial charge in [0.05, 0.1) is 28.8 Å². The number of rotatable bonds is 4. The molecule has 2 heterocycles. The first-order chi connectivity index (χ1) is 16.6. The molecule has 1 fully saturated rings. The number of nitrogens with one attached hydrogen (secondary N) is 1. The Hall–Kier alpha value is -3.15. The molecular formula is C24H31F3N4O5. The van der Waals surface area contributed by atoms with Crippen LogP contribution in [-0.4, -0.2) is 62.6 Å². The van der Waals surface area contributed by atoms with E-state index in [1.807, 2.05) is 0 Å². The van der Waals surface area contributed by atoms with Crippen molar-refractivity contribution in [1.29, 1.82) is 0 Å². The summed E-state index contributed by atoms with van der Waals surface area (Å²) >= 11 is 0. The summed E-state index contributed by atoms with van der Waals surface area (Å²) in [7, 11) is 0. The van der Waals surface area contributed by atoms with Crippen molar-refractivity contribution in [3.63, 3.8) is 0 Å². The first-order valence-corrected chi connectivity index (χ1v) is 11.6. The molecule has 0 saturated carbocycles. The second kappa shape index (κ2) is 10.1. The van der Waals surface area contributed by atoms with E-state index in [-0.39, 0.29) is 41.9 Å². The molecule has 0 radical (unpaired) electrons. The first-order valence-electron chi connectivity index (χ1n) is 11.6. The largest absolute Gasteiger partial charge is 0.444 e. The van der Waals surface area contributed by atoms with E-state index in [0.717, 1.165) is 22.9 Å². The molecule has 1 aliphatic rings. The fourth-order valence-corrected chi connectivity index (χ4v) is 3.98. The zero-order valence-corrected chi connectivity index (χ0v) is 20.8. The number of carbonyl (C=O) groups excluding carboxylic acids is 2. The molecule has 2 N–H and O–H groups in total. The number of carbonyl (C=O) groups is 2. The van der Waals surface area contributed by atoms with Crippen LogP contribution in [0.3, 0.4) is 0 Å². The molecule has 0 bridgehead atoms. The molecule has 12 heteroatoms. The van der Waals surface area contributed by atoms with Gasteiger partial charge in [-0.3, -0.25) is 9.59 Å². The van der Waals surface area contributed by atoms with Crippen molar-refractivity contribution in [2.45, 2.75) is 77.4 Å². The van der Waals surface area contributed by atoms with Crippen LogP contribution in [0.15, 0.2) is 23.0 Å². The molecular weight excluding hydrogens is 481 g/mol. The number of nitrogens with zero attached hydrogens (tertiary/aromatic N) is 3. The van der Waals surface area contributed by atoms with E-state index in [1.165, 1.54) is 4.90 Å². The number of aliphatic hydroxyl groups excluding tert-OH is 1. The van der Waals surface area contributed by atoms with Crippen molar-refractivity contribution < 1.29 is 32.6 Å². The number of fused-ring (bicyclic) bond motifs is 1. The van der Waals surface area contributed by atoms with Crippen LogP contribution in [0, 0.1) is 0 Å². The van der Waals surface area contributed by atoms with Crippen LogP contribution in [0.1, 0.15) is 58.2 Å². The summed E-state index contributed by atoms with van der Waals surface area (Å²) < 4.78 is 45.9. The highest BCUT2D eigenvalue weighted by molar-refractivity contribution is 5.85. The number of benzene rings is 1. The minimum Gasteiger partial charge on any atom is -0.444 e. The minimum absolute atomic E-state index is 0.0132. The first kappa shape index (κ1) is 27.4. The van der Waals surface area contributed by atoms with Gasteiger partial charge in [0.25, 0.3) is 5.56 Å². The number of aromatic nitrogens is 2. The number of hydrogen-bond acceptors (Lipinski definition) is 6. The van der Waals surface area contributed by atoms with Gasteiger partial charge in [-0.2, -0.15) is 18.3 Å². The Morgan fingerprint density at radius 3 is 2.47 bits per heavy atom. The van der Waals surface area contributed by atoms with Crippen LogP contribution in [-0.2, 0) is 22.3 Å². The Balaban J connectivity index is 1.82. The third-order valence-electron chi connectivity index (χ3n) is 5.73. The Bertz CT molecular complexity index is 1200. The molecule has 2 amide bonds. The van der Waals surface area contributed by atoms with Crippen molar-refractivity contribution in [3.05, 3.63) is 39.8 Å². The van der Waals surface area contributed by atoms with Crippen LogP contribution >= 0.6 is 0 Å². The lowest BCUT2D eigenvalue weighted by atomic mass is 10.0. The smallest absolute Gasteiger partial charge is 0.416 e. The fraction of sp³-hybridized carbons (Fsp3) is 0.583. The van der Waals surface area contributed by atoms with Gasteiger partial charge in [0.15, 0.2) is 0 Å². The number of alkyl halides is 3. The number of amides is 2. The van der Waals surface area contributed by atoms with E-state index in [0.29, 0.717) is 0 Å². The Kier molecular flexibility index (Phi) is 7.68. The van der Waals surface area contributed by atoms with Gasteiger partial charge in [-0.25, -0.2) is 9.48 Å². The van der Waals surface area contributed by atoms with Crippen LogP contribution in [0.4, 0.5) is 18.0 Å². The van der Waals surface area contributed by atoms with E-state index in [9.17, 15) is 32.7 Å². The molecule has 9 nitrogen and oxygen atoms in total. The number of ether oxygens (including phenoxy) is 1. The SMILES string of the molecule is CC(C)c1nn(CC(=O)N[C@H]2CN(C(=O)OC(C)(C)C)CC[C@H]2O)c(=O)c2ccc(C(F)(F)F)cc12. The van der Waals surface area contributed by atoms with E-state index in [1.54, 1.807) is 34.6 Å². The maximum atomic E-state index is 13.2. The predicted molar refractivity (Wildman–Crippen MR) is 125 cm³/mol. The monoisotopic (exact) mass is 512 g/mol. The highest BCUT2D eigenvalue weighted by Crippen LogP contribution is 2.32. The average molecular weight is 513 g/mol. The van der Waals surface area contributed by atoms with Crippen LogP contribution in [0.2, 0.25) is 0 Å². The van der Waals surface area contributed by atoms with E-state index < -0.39 is 53.6 Å². The van der Waals surface area contributed by atoms with Crippen molar-refractivity contribution in [2.75, 3.05) is 13.1 Å². The number of hydrogen-bond donors (Lipinski definition) is 2. The molecule has 0 aliphatic carbocycles. The fourth-order valence-electron chi connectivity index (χ4n) is 3.98. The topological polar surface area (TPSA) is 114 Å². The van der Waals surface area contributed by atoms with E-state index >= 15 is 0 Å². The molecule has 0 spiro atoms. The number of piperidine rings is 1. The average Bonchev–Trinajstić information content (AvgIpc) is 2.74. The van der Waals surface area contributed by atoms with Crippen molar-refractivity contribution >= 4 is 22.8 Å². The quantitative estimate of drug-likeness (QED) is 0.651. The highest BCUT2D eigenvalue weighted by Gasteiger charge is 2.34. The number of halogens is 3. The summed E-state index contributed by atoms with van der Waals surface area (Å²) in [5, 5.41) is 17.3. The molecule has 1 aliphatic heterocycles. The van der Waals surface area contributed by atoms with Crippen LogP contribution in [0.25, 0.3) is 10.8 Å². The lowest BCUT2D eigenvalue weighted by molar-refractivity contribution is -0.137. The molecule has 1 saturated heterocycles. The Morgan fingerprint density at radius 2 is 1.89 bits per heavy atom. The summed E-state index contributed by atoms with van der Waals surface area (Å²) in [6.45, 7) is 8.39. The van der Waals surface area contributed by atoms with Gasteiger partial charge in [-0.05, 0) is 51.3 Å². The van der Waals surface area contributed by atoms with Crippen molar-refractivity contribution in [3.8, 4) is 0 Å². The predicted octanol–water partition coefficient (Wildman–Crippen LogP) is 3.03. The normalized spacial score (nSPS) is 19.0. The molecule has 0 unspecified atom stereocenters. The molecule has 2 aromatic rings. The summed E-state index contributed by atoms with van der Waals surface area (Å²) in [6, 6.07) is 2.01. The molecule has 1 aromatic carbocycles. The summed E-state index contributed by atoms with van der Waals surface area (Å²) in [5.74, 6) is -0.964. The van der Waals surface area contributed by atoms with Crippen LogP contribution in [0.5, 0.6) is 0 Å². The standard InChI is InChI=1S/C24H31F3N4O5/c1-13(2)20-16-10-14(24(25,26)27)6-7-15(16)21(34)31(29-20)12-19(33)28-17-11-30(9-8-18(17)32)22(35)36-23(3,4)5/h6-7,10,13,17-18,32H,8-9,11-12H2,1-5H3,(H,28,33)/t17-,18+/m0/s1. The zero-order valence-electron chi connectivity index (χ0n) is 20.8. The lowest BCUT2D eigenvalue weighted by Crippen LogP contribution is -2.57. The third kappa shape index (κ3) is 6.34. The van der Waals surface area contributed by atoms with E-state index in [2.05, 4.69) is 10.4 Å². The van der Waals surface area contributed by atoms with Gasteiger partial charge in [0.2, 0.25) is 5.91 Å². The molecule has 3 rings (SSSR count). The van der Waals surface area contributed by atoms with Gasteiger partial charge in [0, 0.05) is 18.5 Å². The minimum atomic E-state index is -4.58. The molecule has 36 heavy (non-hydrogen) atoms. The Labute approximate surface area is 206 Å². The molecule has 1 aromatic heterocycles. The summed E-state index contributed by atoms with van der Waals surface area (Å²) in [4.78, 5) is 39.5. The second-order valence-corrected chi connectivity index (χ2v) is 10.2. The maximum absolute atomic E-state index is 13.2. The van der Waals surface area contributed by atoms with Crippen LogP contribution < -0.4 is 10.9 Å². The van der Waals surface area contributed by atoms with Gasteiger partial charge >= 0.3 is 12.3 Å². The third-order valence-corrected chi connectivity index (χ3v) is 5.73. The van der Waals surface area contributed by atoms with Gasteiger partial charge in [-0.1, -0.05) is 13.8 Å². The summed E-state index contributed by atoms with van der Waals surface area (Å²) in [6.07, 6.45) is -5.84. The van der Waals surface area contributed by atoms with Crippen molar-refractivity contribution in [2.24, 2.45) is 0 Å². The highest BCUT2D eigenvalue weighted by atomic mass is 19.4. The Morgan fingerprint density at radius 1 is 1.22 bits per heavy atom. The molecule has 2 atom stereocenters. The van der Waals surface area contributed by atoms with Gasteiger partial charge < -0.3 is 20.1 Å². The van der Waals surface area contributed by atoms with Crippen molar-refractivity contribution in [1.82, 2.24) is 20.0 Å². The number of likely N-dealkylation sites (tertiary alicyclic amines) is 1. The van der Waals surface area contributed by atoms with Gasteiger partial charge in [0.1, 0.15) is 12.1 Å². The lowest BCUT2D eigenvalue weighted by Gasteiger charge is -2.37. The zero-order chi connectivity index (χ0) is 27.0. The molecule has 198 valence electrons. The maximum Gasteiger partial charge on any atom is 0.416 e. The van der Waals surface area contributed by atoms with E-state index in [4.69, 9.17) is 4.74 Å². The number of aliphatic hydroxyl groups is 1. The second-order valence-electron chi connectivity index (χ2n) is 10.2.